The molecule has 0 saturated carbocycles. The SMILES string of the molecule is COC(=O)c1cc(NC(=O)CN(c2ccc(Oc3ccccc3)cc2)S(C)(=O)=O)ccc1Cl. The second-order valence-corrected chi connectivity index (χ2v) is 9.23. The summed E-state index contributed by atoms with van der Waals surface area (Å²) in [6, 6.07) is 19.7. The number of amides is 1. The van der Waals surface area contributed by atoms with E-state index in [0.717, 1.165) is 10.6 Å². The highest BCUT2D eigenvalue weighted by molar-refractivity contribution is 7.92. The lowest BCUT2D eigenvalue weighted by molar-refractivity contribution is -0.114. The average molecular weight is 489 g/mol. The van der Waals surface area contributed by atoms with Gasteiger partial charge in [0, 0.05) is 5.69 Å². The summed E-state index contributed by atoms with van der Waals surface area (Å²) in [5, 5.41) is 2.73. The summed E-state index contributed by atoms with van der Waals surface area (Å²) in [5.74, 6) is -0.118. The van der Waals surface area contributed by atoms with Crippen LogP contribution in [0.15, 0.2) is 72.8 Å². The number of halogens is 1. The van der Waals surface area contributed by atoms with E-state index >= 15 is 0 Å². The predicted octanol–water partition coefficient (Wildman–Crippen LogP) is 4.32. The zero-order valence-corrected chi connectivity index (χ0v) is 19.4. The molecule has 0 fully saturated rings. The third-order valence-corrected chi connectivity index (χ3v) is 5.92. The molecule has 172 valence electrons. The van der Waals surface area contributed by atoms with E-state index in [1.165, 1.54) is 25.3 Å². The van der Waals surface area contributed by atoms with E-state index in [4.69, 9.17) is 16.3 Å². The Labute approximate surface area is 196 Å². The number of ether oxygens (including phenoxy) is 2. The van der Waals surface area contributed by atoms with E-state index in [9.17, 15) is 18.0 Å². The average Bonchev–Trinajstić information content (AvgIpc) is 2.79. The van der Waals surface area contributed by atoms with E-state index in [0.29, 0.717) is 17.2 Å². The highest BCUT2D eigenvalue weighted by Crippen LogP contribution is 2.26. The van der Waals surface area contributed by atoms with Crippen molar-refractivity contribution >= 4 is 44.9 Å². The highest BCUT2D eigenvalue weighted by atomic mass is 35.5. The first-order valence-electron chi connectivity index (χ1n) is 9.66. The Hall–Kier alpha value is -3.56. The Balaban J connectivity index is 1.75. The van der Waals surface area contributed by atoms with Crippen LogP contribution in [0.3, 0.4) is 0 Å². The molecule has 8 nitrogen and oxygen atoms in total. The van der Waals surface area contributed by atoms with Crippen molar-refractivity contribution in [3.8, 4) is 11.5 Å². The summed E-state index contributed by atoms with van der Waals surface area (Å²) in [7, 11) is -2.56. The molecule has 0 radical (unpaired) electrons. The molecule has 0 aliphatic rings. The van der Waals surface area contributed by atoms with Crippen molar-refractivity contribution in [2.24, 2.45) is 0 Å². The second-order valence-electron chi connectivity index (χ2n) is 6.91. The third-order valence-electron chi connectivity index (χ3n) is 4.45. The predicted molar refractivity (Wildman–Crippen MR) is 127 cm³/mol. The number of carbonyl (C=O) groups excluding carboxylic acids is 2. The lowest BCUT2D eigenvalue weighted by atomic mass is 10.2. The number of nitrogens with one attached hydrogen (secondary N) is 1. The van der Waals surface area contributed by atoms with Crippen molar-refractivity contribution in [1.29, 1.82) is 0 Å². The highest BCUT2D eigenvalue weighted by Gasteiger charge is 2.21. The number of sulfonamides is 1. The van der Waals surface area contributed by atoms with Crippen LogP contribution in [-0.4, -0.2) is 40.2 Å². The van der Waals surface area contributed by atoms with Gasteiger partial charge in [-0.25, -0.2) is 13.2 Å². The van der Waals surface area contributed by atoms with Crippen molar-refractivity contribution < 1.29 is 27.5 Å². The molecule has 0 aliphatic heterocycles. The van der Waals surface area contributed by atoms with Crippen molar-refractivity contribution in [2.75, 3.05) is 29.5 Å². The molecule has 0 bridgehead atoms. The number of benzene rings is 3. The van der Waals surface area contributed by atoms with E-state index in [-0.39, 0.29) is 16.3 Å². The van der Waals surface area contributed by atoms with Crippen LogP contribution in [-0.2, 0) is 19.6 Å². The molecule has 0 atom stereocenters. The first-order valence-corrected chi connectivity index (χ1v) is 11.9. The smallest absolute Gasteiger partial charge is 0.339 e. The van der Waals surface area contributed by atoms with Gasteiger partial charge in [-0.05, 0) is 54.6 Å². The van der Waals surface area contributed by atoms with Crippen LogP contribution in [0.4, 0.5) is 11.4 Å². The molecule has 3 rings (SSSR count). The van der Waals surface area contributed by atoms with Gasteiger partial charge in [0.05, 0.1) is 29.6 Å². The van der Waals surface area contributed by atoms with Crippen LogP contribution in [0.25, 0.3) is 0 Å². The van der Waals surface area contributed by atoms with Crippen molar-refractivity contribution in [2.45, 2.75) is 0 Å². The van der Waals surface area contributed by atoms with Gasteiger partial charge in [-0.1, -0.05) is 29.8 Å². The molecule has 3 aromatic carbocycles. The number of para-hydroxylation sites is 1. The zero-order chi connectivity index (χ0) is 24.0. The maximum atomic E-state index is 12.6. The fraction of sp³-hybridized carbons (Fsp3) is 0.130. The molecule has 10 heteroatoms. The van der Waals surface area contributed by atoms with E-state index < -0.39 is 28.4 Å². The van der Waals surface area contributed by atoms with Crippen LogP contribution >= 0.6 is 11.6 Å². The fourth-order valence-electron chi connectivity index (χ4n) is 2.91. The Morgan fingerprint density at radius 1 is 0.970 bits per heavy atom. The van der Waals surface area contributed by atoms with Gasteiger partial charge in [0.2, 0.25) is 15.9 Å². The van der Waals surface area contributed by atoms with Gasteiger partial charge < -0.3 is 14.8 Å². The minimum Gasteiger partial charge on any atom is -0.465 e. The number of hydrogen-bond acceptors (Lipinski definition) is 6. The van der Waals surface area contributed by atoms with E-state index in [1.807, 2.05) is 18.2 Å². The number of carbonyl (C=O) groups is 2. The normalized spacial score (nSPS) is 10.9. The quantitative estimate of drug-likeness (QED) is 0.474. The molecular formula is C23H21ClN2O6S. The number of nitrogens with zero attached hydrogens (tertiary/aromatic N) is 1. The summed E-state index contributed by atoms with van der Waals surface area (Å²) in [4.78, 5) is 24.4. The number of hydrogen-bond donors (Lipinski definition) is 1. The number of esters is 1. The topological polar surface area (TPSA) is 102 Å². The van der Waals surface area contributed by atoms with Gasteiger partial charge in [0.15, 0.2) is 0 Å². The van der Waals surface area contributed by atoms with Gasteiger partial charge in [0.1, 0.15) is 18.0 Å². The first-order chi connectivity index (χ1) is 15.7. The standard InChI is InChI=1S/C23H21ClN2O6S/c1-31-23(28)20-14-16(8-13-21(20)24)25-22(27)15-26(33(2,29)30)17-9-11-19(12-10-17)32-18-6-4-3-5-7-18/h3-14H,15H2,1-2H3,(H,25,27). The molecule has 0 spiro atoms. The van der Waals surface area contributed by atoms with Crippen LogP contribution in [0.2, 0.25) is 5.02 Å². The maximum Gasteiger partial charge on any atom is 0.339 e. The molecule has 3 aromatic rings. The first kappa shape index (κ1) is 24.1. The van der Waals surface area contributed by atoms with E-state index in [2.05, 4.69) is 10.1 Å². The van der Waals surface area contributed by atoms with Gasteiger partial charge in [-0.15, -0.1) is 0 Å². The summed E-state index contributed by atoms with van der Waals surface area (Å²) in [6.45, 7) is -0.478. The third kappa shape index (κ3) is 6.47. The zero-order valence-electron chi connectivity index (χ0n) is 17.8. The van der Waals surface area contributed by atoms with Gasteiger partial charge in [0.25, 0.3) is 0 Å². The molecule has 0 aliphatic carbocycles. The largest absolute Gasteiger partial charge is 0.465 e. The number of methoxy groups -OCH3 is 1. The molecule has 1 amide bonds. The Morgan fingerprint density at radius 2 is 1.61 bits per heavy atom. The molecule has 33 heavy (non-hydrogen) atoms. The molecule has 0 unspecified atom stereocenters. The second kappa shape index (κ2) is 10.4. The van der Waals surface area contributed by atoms with Gasteiger partial charge >= 0.3 is 5.97 Å². The van der Waals surface area contributed by atoms with Gasteiger partial charge in [-0.2, -0.15) is 0 Å². The summed E-state index contributed by atoms with van der Waals surface area (Å²) in [6.07, 6.45) is 1.01. The van der Waals surface area contributed by atoms with Crippen LogP contribution in [0.5, 0.6) is 11.5 Å². The fourth-order valence-corrected chi connectivity index (χ4v) is 3.96. The Kier molecular flexibility index (Phi) is 7.57. The van der Waals surface area contributed by atoms with Crippen LogP contribution in [0, 0.1) is 0 Å². The maximum absolute atomic E-state index is 12.6. The molecule has 0 aromatic heterocycles. The molecular weight excluding hydrogens is 468 g/mol. The van der Waals surface area contributed by atoms with Gasteiger partial charge in [-0.3, -0.25) is 9.10 Å². The van der Waals surface area contributed by atoms with Crippen molar-refractivity contribution in [3.05, 3.63) is 83.4 Å². The summed E-state index contributed by atoms with van der Waals surface area (Å²) in [5.41, 5.74) is 0.634. The molecule has 0 heterocycles. The molecule has 0 saturated heterocycles. The van der Waals surface area contributed by atoms with Crippen LogP contribution in [0.1, 0.15) is 10.4 Å². The molecule has 1 N–H and O–H groups in total. The monoisotopic (exact) mass is 488 g/mol. The summed E-state index contributed by atoms with van der Waals surface area (Å²) < 4.78 is 36.1. The minimum atomic E-state index is -3.77. The summed E-state index contributed by atoms with van der Waals surface area (Å²) >= 11 is 5.98. The number of rotatable bonds is 8. The Bertz CT molecular complexity index is 1250. The van der Waals surface area contributed by atoms with Crippen molar-refractivity contribution in [1.82, 2.24) is 0 Å². The minimum absolute atomic E-state index is 0.0749. The number of anilines is 2. The van der Waals surface area contributed by atoms with Crippen LogP contribution < -0.4 is 14.4 Å². The van der Waals surface area contributed by atoms with E-state index in [1.54, 1.807) is 36.4 Å². The van der Waals surface area contributed by atoms with Crippen molar-refractivity contribution in [3.63, 3.8) is 0 Å². The Morgan fingerprint density at radius 3 is 2.21 bits per heavy atom. The lowest BCUT2D eigenvalue weighted by Gasteiger charge is -2.22. The lowest BCUT2D eigenvalue weighted by Crippen LogP contribution is -2.37.